The molecular formula is C10H22O8S2. The Kier molecular flexibility index (Phi) is 7.05. The molecule has 0 saturated carbocycles. The highest BCUT2D eigenvalue weighted by atomic mass is 32.3. The number of aliphatic hydroxyl groups is 4. The lowest BCUT2D eigenvalue weighted by Gasteiger charge is -2.29. The Labute approximate surface area is 118 Å². The van der Waals surface area contributed by atoms with Crippen LogP contribution in [0.2, 0.25) is 0 Å². The van der Waals surface area contributed by atoms with E-state index in [1.807, 2.05) is 0 Å². The molecule has 0 aliphatic rings. The molecule has 0 aliphatic carbocycles. The molecule has 0 rings (SSSR count). The van der Waals surface area contributed by atoms with Crippen LogP contribution in [0.3, 0.4) is 0 Å². The van der Waals surface area contributed by atoms with Gasteiger partial charge < -0.3 is 20.4 Å². The third kappa shape index (κ3) is 4.37. The molecule has 122 valence electrons. The van der Waals surface area contributed by atoms with E-state index >= 15 is 0 Å². The lowest BCUT2D eigenvalue weighted by atomic mass is 10.1. The number of sulfone groups is 2. The average Bonchev–Trinajstić information content (AvgIpc) is 2.36. The van der Waals surface area contributed by atoms with Crippen molar-refractivity contribution < 1.29 is 37.3 Å². The van der Waals surface area contributed by atoms with Crippen LogP contribution in [0.5, 0.6) is 0 Å². The quantitative estimate of drug-likeness (QED) is 0.385. The third-order valence-electron chi connectivity index (χ3n) is 2.99. The molecule has 0 aromatic heterocycles. The van der Waals surface area contributed by atoms with Gasteiger partial charge in [0, 0.05) is 11.5 Å². The maximum atomic E-state index is 11.8. The summed E-state index contributed by atoms with van der Waals surface area (Å²) in [5.41, 5.74) is 0. The van der Waals surface area contributed by atoms with Gasteiger partial charge in [-0.05, 0) is 6.92 Å². The lowest BCUT2D eigenvalue weighted by molar-refractivity contribution is -0.0960. The first-order valence-corrected chi connectivity index (χ1v) is 9.50. The molecule has 0 amide bonds. The molecule has 4 N–H and O–H groups in total. The van der Waals surface area contributed by atoms with E-state index < -0.39 is 60.2 Å². The largest absolute Gasteiger partial charge is 0.391 e. The number of hydrogen-bond acceptors (Lipinski definition) is 8. The molecule has 0 bridgehead atoms. The summed E-state index contributed by atoms with van der Waals surface area (Å²) in [4.78, 5) is 0. The standard InChI is InChI=1S/C10H22O8S2/c1-4-19(15,16)10(20(17,18)5-2)9(14)8(13)7(12)6(3)11/h6-14H,4-5H2,1-3H3/t6-,7-,8-,9+/m1/s1. The van der Waals surface area contributed by atoms with Crippen molar-refractivity contribution in [2.45, 2.75) is 49.8 Å². The summed E-state index contributed by atoms with van der Waals surface area (Å²) in [6, 6.07) is 0. The summed E-state index contributed by atoms with van der Waals surface area (Å²) in [7, 11) is -8.45. The predicted octanol–water partition coefficient (Wildman–Crippen LogP) is -2.35. The minimum absolute atomic E-state index is 0.550. The highest BCUT2D eigenvalue weighted by Gasteiger charge is 2.46. The van der Waals surface area contributed by atoms with Gasteiger partial charge in [0.25, 0.3) is 0 Å². The fourth-order valence-corrected chi connectivity index (χ4v) is 6.06. The van der Waals surface area contributed by atoms with Gasteiger partial charge in [0.2, 0.25) is 0 Å². The van der Waals surface area contributed by atoms with Crippen molar-refractivity contribution in [3.05, 3.63) is 0 Å². The number of hydrogen-bond donors (Lipinski definition) is 4. The van der Waals surface area contributed by atoms with Crippen molar-refractivity contribution in [3.63, 3.8) is 0 Å². The molecule has 0 radical (unpaired) electrons. The van der Waals surface area contributed by atoms with Crippen LogP contribution in [0.25, 0.3) is 0 Å². The molecular weight excluding hydrogens is 312 g/mol. The highest BCUT2D eigenvalue weighted by Crippen LogP contribution is 2.21. The van der Waals surface area contributed by atoms with Crippen molar-refractivity contribution in [2.75, 3.05) is 11.5 Å². The van der Waals surface area contributed by atoms with Crippen molar-refractivity contribution >= 4 is 19.7 Å². The Hall–Kier alpha value is -0.260. The van der Waals surface area contributed by atoms with Gasteiger partial charge >= 0.3 is 0 Å². The maximum Gasteiger partial charge on any atom is 0.191 e. The van der Waals surface area contributed by atoms with Gasteiger partial charge in [-0.3, -0.25) is 0 Å². The van der Waals surface area contributed by atoms with Crippen molar-refractivity contribution in [2.24, 2.45) is 0 Å². The van der Waals surface area contributed by atoms with E-state index in [2.05, 4.69) is 0 Å². The Morgan fingerprint density at radius 3 is 1.35 bits per heavy atom. The van der Waals surface area contributed by atoms with Gasteiger partial charge in [-0.1, -0.05) is 13.8 Å². The van der Waals surface area contributed by atoms with E-state index in [4.69, 9.17) is 5.11 Å². The summed E-state index contributed by atoms with van der Waals surface area (Å²) < 4.78 is 45.2. The maximum absolute atomic E-state index is 11.8. The second-order valence-electron chi connectivity index (χ2n) is 4.48. The first-order chi connectivity index (χ1) is 8.92. The van der Waals surface area contributed by atoms with Crippen molar-refractivity contribution in [1.82, 2.24) is 0 Å². The summed E-state index contributed by atoms with van der Waals surface area (Å²) in [5.74, 6) is -1.10. The van der Waals surface area contributed by atoms with Crippen LogP contribution in [0.15, 0.2) is 0 Å². The molecule has 10 heteroatoms. The smallest absolute Gasteiger partial charge is 0.191 e. The Morgan fingerprint density at radius 1 is 0.750 bits per heavy atom. The van der Waals surface area contributed by atoms with Crippen LogP contribution in [-0.4, -0.2) is 77.8 Å². The molecule has 4 atom stereocenters. The zero-order chi connectivity index (χ0) is 16.3. The van der Waals surface area contributed by atoms with Crippen molar-refractivity contribution in [3.8, 4) is 0 Å². The van der Waals surface area contributed by atoms with Gasteiger partial charge in [-0.2, -0.15) is 0 Å². The summed E-state index contributed by atoms with van der Waals surface area (Å²) in [5, 5.41) is 38.1. The Bertz CT molecular complexity index is 461. The zero-order valence-corrected chi connectivity index (χ0v) is 13.2. The summed E-state index contributed by atoms with van der Waals surface area (Å²) >= 11 is 0. The van der Waals surface area contributed by atoms with E-state index in [-0.39, 0.29) is 0 Å². The minimum Gasteiger partial charge on any atom is -0.391 e. The monoisotopic (exact) mass is 334 g/mol. The molecule has 0 spiro atoms. The van der Waals surface area contributed by atoms with Gasteiger partial charge in [0.05, 0.1) is 6.10 Å². The molecule has 0 aromatic carbocycles. The highest BCUT2D eigenvalue weighted by molar-refractivity contribution is 8.09. The summed E-state index contributed by atoms with van der Waals surface area (Å²) in [6.07, 6.45) is -7.70. The van der Waals surface area contributed by atoms with E-state index in [0.717, 1.165) is 6.92 Å². The molecule has 20 heavy (non-hydrogen) atoms. The Balaban J connectivity index is 5.70. The molecule has 0 unspecified atom stereocenters. The Morgan fingerprint density at radius 2 is 1.10 bits per heavy atom. The molecule has 0 aromatic rings. The molecule has 8 nitrogen and oxygen atoms in total. The second kappa shape index (κ2) is 7.14. The van der Waals surface area contributed by atoms with E-state index in [1.165, 1.54) is 13.8 Å². The van der Waals surface area contributed by atoms with Crippen LogP contribution in [-0.2, 0) is 19.7 Å². The lowest BCUT2D eigenvalue weighted by Crippen LogP contribution is -2.53. The van der Waals surface area contributed by atoms with Crippen LogP contribution in [0, 0.1) is 0 Å². The topological polar surface area (TPSA) is 149 Å². The summed E-state index contributed by atoms with van der Waals surface area (Å²) in [6.45, 7) is 3.52. The van der Waals surface area contributed by atoms with Crippen LogP contribution in [0.4, 0.5) is 0 Å². The molecule has 0 fully saturated rings. The van der Waals surface area contributed by atoms with Crippen LogP contribution < -0.4 is 0 Å². The fourth-order valence-electron chi connectivity index (χ4n) is 1.63. The van der Waals surface area contributed by atoms with E-state index in [1.54, 1.807) is 0 Å². The van der Waals surface area contributed by atoms with E-state index in [9.17, 15) is 32.2 Å². The normalized spacial score (nSPS) is 19.6. The third-order valence-corrected chi connectivity index (χ3v) is 8.33. The molecule has 0 heterocycles. The predicted molar refractivity (Wildman–Crippen MR) is 72.4 cm³/mol. The molecule has 0 aliphatic heterocycles. The van der Waals surface area contributed by atoms with Gasteiger partial charge in [-0.25, -0.2) is 16.8 Å². The fraction of sp³-hybridized carbons (Fsp3) is 1.00. The van der Waals surface area contributed by atoms with E-state index in [0.29, 0.717) is 0 Å². The number of aliphatic hydroxyl groups excluding tert-OH is 4. The average molecular weight is 334 g/mol. The van der Waals surface area contributed by atoms with Crippen LogP contribution >= 0.6 is 0 Å². The van der Waals surface area contributed by atoms with Crippen molar-refractivity contribution in [1.29, 1.82) is 0 Å². The first-order valence-electron chi connectivity index (χ1n) is 6.07. The van der Waals surface area contributed by atoms with Crippen LogP contribution in [0.1, 0.15) is 20.8 Å². The van der Waals surface area contributed by atoms with Gasteiger partial charge in [-0.15, -0.1) is 0 Å². The second-order valence-corrected chi connectivity index (χ2v) is 9.60. The SMILES string of the molecule is CCS(=O)(=O)C([C@@H](O)[C@H](O)[C@H](O)[C@@H](C)O)S(=O)(=O)CC. The van der Waals surface area contributed by atoms with Gasteiger partial charge in [0.1, 0.15) is 18.3 Å². The van der Waals surface area contributed by atoms with Gasteiger partial charge in [0.15, 0.2) is 24.3 Å². The zero-order valence-electron chi connectivity index (χ0n) is 11.5. The first kappa shape index (κ1) is 19.7. The number of rotatable bonds is 8. The minimum atomic E-state index is -4.22. The molecule has 0 saturated heterocycles.